The molecule has 0 aliphatic rings. The second-order valence-electron chi connectivity index (χ2n) is 2.18. The average Bonchev–Trinajstić information content (AvgIpc) is 1.82. The molecule has 0 aliphatic heterocycles. The molecule has 0 N–H and O–H groups in total. The number of alkyl halides is 6. The molecule has 0 heterocycles. The Morgan fingerprint density at radius 2 is 1.54 bits per heavy atom. The number of rotatable bonds is 3. The van der Waals surface area contributed by atoms with Crippen molar-refractivity contribution in [2.75, 3.05) is 6.61 Å². The largest absolute Gasteiger partial charge is 0.420 e. The Bertz CT molecular complexity index is 148. The molecule has 7 heteroatoms. The predicted octanol–water partition coefficient (Wildman–Crippen LogP) is 3.07. The number of hydrogen-bond donors (Lipinski definition) is 0. The number of ether oxygens (including phenoxy) is 1. The molecule has 0 unspecified atom stereocenters. The van der Waals surface area contributed by atoms with Crippen LogP contribution in [0.4, 0.5) is 26.3 Å². The SMILES string of the molecule is CC[C](OCC(F)(F)F)C(F)(F)F. The first-order chi connectivity index (χ1) is 5.67. The van der Waals surface area contributed by atoms with Crippen LogP contribution in [0.15, 0.2) is 0 Å². The van der Waals surface area contributed by atoms with Gasteiger partial charge in [-0.15, -0.1) is 0 Å². The van der Waals surface area contributed by atoms with Crippen LogP contribution in [-0.2, 0) is 4.74 Å². The maximum absolute atomic E-state index is 11.8. The van der Waals surface area contributed by atoms with Gasteiger partial charge in [0.05, 0.1) is 0 Å². The summed E-state index contributed by atoms with van der Waals surface area (Å²) in [6, 6.07) is 0. The second-order valence-corrected chi connectivity index (χ2v) is 2.18. The van der Waals surface area contributed by atoms with E-state index in [0.29, 0.717) is 0 Å². The molecule has 0 rings (SSSR count). The summed E-state index contributed by atoms with van der Waals surface area (Å²) in [5.41, 5.74) is 0. The van der Waals surface area contributed by atoms with Crippen molar-refractivity contribution in [2.45, 2.75) is 25.7 Å². The summed E-state index contributed by atoms with van der Waals surface area (Å²) in [6.45, 7) is -0.838. The summed E-state index contributed by atoms with van der Waals surface area (Å²) in [6.07, 6.45) is -11.7. The summed E-state index contributed by atoms with van der Waals surface area (Å²) in [5, 5.41) is 0. The average molecular weight is 209 g/mol. The molecule has 0 saturated carbocycles. The maximum atomic E-state index is 11.8. The quantitative estimate of drug-likeness (QED) is 0.649. The monoisotopic (exact) mass is 209 g/mol. The molecule has 1 radical (unpaired) electrons. The lowest BCUT2D eigenvalue weighted by Gasteiger charge is -2.18. The van der Waals surface area contributed by atoms with Crippen LogP contribution in [-0.4, -0.2) is 19.0 Å². The molecule has 0 fully saturated rings. The topological polar surface area (TPSA) is 9.23 Å². The molecular weight excluding hydrogens is 202 g/mol. The van der Waals surface area contributed by atoms with Crippen molar-refractivity contribution in [2.24, 2.45) is 0 Å². The van der Waals surface area contributed by atoms with Gasteiger partial charge in [0.2, 0.25) is 6.10 Å². The maximum Gasteiger partial charge on any atom is 0.420 e. The molecular formula is C6H7F6O. The van der Waals surface area contributed by atoms with Gasteiger partial charge in [-0.2, -0.15) is 26.3 Å². The Morgan fingerprint density at radius 1 is 1.08 bits per heavy atom. The normalized spacial score (nSPS) is 13.8. The van der Waals surface area contributed by atoms with E-state index in [1.807, 2.05) is 0 Å². The van der Waals surface area contributed by atoms with Crippen LogP contribution in [0.3, 0.4) is 0 Å². The Labute approximate surface area is 70.7 Å². The van der Waals surface area contributed by atoms with Gasteiger partial charge in [0.1, 0.15) is 6.61 Å². The van der Waals surface area contributed by atoms with E-state index in [2.05, 4.69) is 4.74 Å². The van der Waals surface area contributed by atoms with Crippen LogP contribution in [0.1, 0.15) is 13.3 Å². The first-order valence-corrected chi connectivity index (χ1v) is 3.29. The van der Waals surface area contributed by atoms with Crippen LogP contribution in [0.25, 0.3) is 0 Å². The van der Waals surface area contributed by atoms with Gasteiger partial charge in [-0.05, 0) is 6.42 Å². The highest BCUT2D eigenvalue weighted by Crippen LogP contribution is 2.32. The summed E-state index contributed by atoms with van der Waals surface area (Å²) in [4.78, 5) is 0. The Morgan fingerprint density at radius 3 is 1.77 bits per heavy atom. The van der Waals surface area contributed by atoms with E-state index < -0.39 is 31.5 Å². The highest BCUT2D eigenvalue weighted by atomic mass is 19.4. The fraction of sp³-hybridized carbons (Fsp3) is 0.833. The molecule has 0 aromatic heterocycles. The highest BCUT2D eigenvalue weighted by molar-refractivity contribution is 4.86. The van der Waals surface area contributed by atoms with E-state index >= 15 is 0 Å². The molecule has 0 aromatic rings. The third kappa shape index (κ3) is 5.73. The third-order valence-corrected chi connectivity index (χ3v) is 1.05. The van der Waals surface area contributed by atoms with Gasteiger partial charge >= 0.3 is 12.4 Å². The van der Waals surface area contributed by atoms with Crippen LogP contribution in [0, 0.1) is 6.10 Å². The van der Waals surface area contributed by atoms with Crippen LogP contribution in [0.2, 0.25) is 0 Å². The van der Waals surface area contributed by atoms with Crippen molar-refractivity contribution in [1.29, 1.82) is 0 Å². The van der Waals surface area contributed by atoms with E-state index in [1.165, 1.54) is 0 Å². The first kappa shape index (κ1) is 12.5. The van der Waals surface area contributed by atoms with Crippen molar-refractivity contribution in [3.63, 3.8) is 0 Å². The van der Waals surface area contributed by atoms with Crippen molar-refractivity contribution >= 4 is 0 Å². The van der Waals surface area contributed by atoms with Gasteiger partial charge in [0.25, 0.3) is 0 Å². The number of halogens is 6. The lowest BCUT2D eigenvalue weighted by Crippen LogP contribution is -2.27. The third-order valence-electron chi connectivity index (χ3n) is 1.05. The molecule has 0 aromatic carbocycles. The summed E-state index contributed by atoms with van der Waals surface area (Å²) >= 11 is 0. The molecule has 79 valence electrons. The van der Waals surface area contributed by atoms with Crippen molar-refractivity contribution in [1.82, 2.24) is 0 Å². The van der Waals surface area contributed by atoms with Gasteiger partial charge in [-0.25, -0.2) is 0 Å². The zero-order valence-corrected chi connectivity index (χ0v) is 6.59. The highest BCUT2D eigenvalue weighted by Gasteiger charge is 2.43. The Hall–Kier alpha value is -0.460. The second kappa shape index (κ2) is 4.17. The molecule has 0 atom stereocenters. The van der Waals surface area contributed by atoms with E-state index in [9.17, 15) is 26.3 Å². The molecule has 1 nitrogen and oxygen atoms in total. The zero-order valence-electron chi connectivity index (χ0n) is 6.59. The molecule has 0 aliphatic carbocycles. The zero-order chi connectivity index (χ0) is 10.7. The van der Waals surface area contributed by atoms with Gasteiger partial charge in [0.15, 0.2) is 0 Å². The molecule has 0 bridgehead atoms. The van der Waals surface area contributed by atoms with Crippen molar-refractivity contribution in [3.8, 4) is 0 Å². The van der Waals surface area contributed by atoms with Crippen LogP contribution < -0.4 is 0 Å². The van der Waals surface area contributed by atoms with Crippen LogP contribution >= 0.6 is 0 Å². The summed E-state index contributed by atoms with van der Waals surface area (Å²) in [5.74, 6) is 0. The number of hydrogen-bond acceptors (Lipinski definition) is 1. The lowest BCUT2D eigenvalue weighted by atomic mass is 10.3. The first-order valence-electron chi connectivity index (χ1n) is 3.29. The van der Waals surface area contributed by atoms with Gasteiger partial charge in [-0.1, -0.05) is 6.92 Å². The minimum Gasteiger partial charge on any atom is -0.353 e. The standard InChI is InChI=1S/C6H7F6O/c1-2-4(6(10,11)12)13-3-5(7,8)9/h2-3H2,1H3. The fourth-order valence-corrected chi connectivity index (χ4v) is 0.553. The van der Waals surface area contributed by atoms with Crippen LogP contribution in [0.5, 0.6) is 0 Å². The van der Waals surface area contributed by atoms with E-state index in [4.69, 9.17) is 0 Å². The van der Waals surface area contributed by atoms with Gasteiger partial charge in [0, 0.05) is 0 Å². The van der Waals surface area contributed by atoms with Crippen molar-refractivity contribution in [3.05, 3.63) is 6.10 Å². The lowest BCUT2D eigenvalue weighted by molar-refractivity contribution is -0.215. The molecule has 13 heavy (non-hydrogen) atoms. The fourth-order valence-electron chi connectivity index (χ4n) is 0.553. The summed E-state index contributed by atoms with van der Waals surface area (Å²) in [7, 11) is 0. The minimum atomic E-state index is -4.82. The summed E-state index contributed by atoms with van der Waals surface area (Å²) < 4.78 is 73.2. The smallest absolute Gasteiger partial charge is 0.353 e. The predicted molar refractivity (Wildman–Crippen MR) is 31.6 cm³/mol. The van der Waals surface area contributed by atoms with Gasteiger partial charge in [-0.3, -0.25) is 0 Å². The molecule has 0 saturated heterocycles. The van der Waals surface area contributed by atoms with Gasteiger partial charge < -0.3 is 4.74 Å². The molecule has 0 spiro atoms. The van der Waals surface area contributed by atoms with Crippen molar-refractivity contribution < 1.29 is 31.1 Å². The Balaban J connectivity index is 4.02. The van der Waals surface area contributed by atoms with E-state index in [1.54, 1.807) is 0 Å². The van der Waals surface area contributed by atoms with E-state index in [-0.39, 0.29) is 0 Å². The minimum absolute atomic E-state index is 0.612. The van der Waals surface area contributed by atoms with E-state index in [0.717, 1.165) is 6.92 Å². The Kier molecular flexibility index (Phi) is 4.02. The molecule has 0 amide bonds.